The highest BCUT2D eigenvalue weighted by molar-refractivity contribution is 7.20. The number of hydrogen-bond acceptors (Lipinski definition) is 5. The molecule has 0 saturated heterocycles. The summed E-state index contributed by atoms with van der Waals surface area (Å²) in [4.78, 5) is 16.9. The molecule has 0 atom stereocenters. The Bertz CT molecular complexity index is 1140. The van der Waals surface area contributed by atoms with Crippen LogP contribution in [0.15, 0.2) is 48.5 Å². The van der Waals surface area contributed by atoms with Gasteiger partial charge in [-0.05, 0) is 37.3 Å². The van der Waals surface area contributed by atoms with E-state index in [9.17, 15) is 4.79 Å². The maximum atomic E-state index is 12.4. The molecule has 142 valence electrons. The molecule has 0 aliphatic carbocycles. The number of fused-ring (bicyclic) bond motifs is 1. The number of carbonyl (C=O) groups is 1. The first-order valence-corrected chi connectivity index (χ1v) is 9.87. The van der Waals surface area contributed by atoms with Crippen LogP contribution >= 0.6 is 34.5 Å². The number of ether oxygens (including phenoxy) is 1. The van der Waals surface area contributed by atoms with Gasteiger partial charge < -0.3 is 10.1 Å². The van der Waals surface area contributed by atoms with Crippen molar-refractivity contribution in [2.45, 2.75) is 6.92 Å². The van der Waals surface area contributed by atoms with Crippen molar-refractivity contribution in [1.82, 2.24) is 14.8 Å². The fourth-order valence-electron chi connectivity index (χ4n) is 2.60. The molecule has 0 aliphatic rings. The molecule has 0 saturated carbocycles. The lowest BCUT2D eigenvalue weighted by Gasteiger charge is -2.09. The average molecular weight is 433 g/mol. The van der Waals surface area contributed by atoms with Crippen molar-refractivity contribution < 1.29 is 9.53 Å². The monoisotopic (exact) mass is 432 g/mol. The number of amides is 1. The molecule has 1 N–H and O–H groups in total. The summed E-state index contributed by atoms with van der Waals surface area (Å²) in [5.41, 5.74) is 1.64. The summed E-state index contributed by atoms with van der Waals surface area (Å²) in [6.45, 7) is 1.65. The summed E-state index contributed by atoms with van der Waals surface area (Å²) in [7, 11) is 0. The topological polar surface area (TPSA) is 69.0 Å². The number of aromatic nitrogens is 3. The minimum Gasteiger partial charge on any atom is -0.482 e. The Morgan fingerprint density at radius 2 is 2.04 bits per heavy atom. The minimum absolute atomic E-state index is 0.203. The second kappa shape index (κ2) is 7.79. The van der Waals surface area contributed by atoms with Crippen molar-refractivity contribution in [3.05, 3.63) is 64.3 Å². The van der Waals surface area contributed by atoms with Crippen LogP contribution < -0.4 is 10.1 Å². The molecule has 2 aromatic heterocycles. The maximum Gasteiger partial charge on any atom is 0.263 e. The van der Waals surface area contributed by atoms with Crippen molar-refractivity contribution in [2.75, 3.05) is 11.9 Å². The summed E-state index contributed by atoms with van der Waals surface area (Å²) in [5.74, 6) is 0.567. The van der Waals surface area contributed by atoms with Crippen molar-refractivity contribution in [1.29, 1.82) is 0 Å². The zero-order chi connectivity index (χ0) is 19.7. The Hall–Kier alpha value is -2.61. The second-order valence-electron chi connectivity index (χ2n) is 5.96. The molecule has 0 unspecified atom stereocenters. The number of nitrogens with zero attached hydrogens (tertiary/aromatic N) is 3. The van der Waals surface area contributed by atoms with E-state index in [0.717, 1.165) is 15.9 Å². The van der Waals surface area contributed by atoms with Crippen molar-refractivity contribution in [3.8, 4) is 10.9 Å². The summed E-state index contributed by atoms with van der Waals surface area (Å²) >= 11 is 13.4. The van der Waals surface area contributed by atoms with Gasteiger partial charge in [-0.15, -0.1) is 0 Å². The van der Waals surface area contributed by atoms with E-state index in [4.69, 9.17) is 27.9 Å². The molecule has 0 spiro atoms. The number of nitrogens with one attached hydrogen (secondary N) is 1. The molecule has 4 rings (SSSR count). The summed E-state index contributed by atoms with van der Waals surface area (Å²) in [6, 6.07) is 14.4. The molecule has 0 aliphatic heterocycles. The quantitative estimate of drug-likeness (QED) is 0.475. The third-order valence-corrected chi connectivity index (χ3v) is 5.36. The molecule has 2 aromatic carbocycles. The molecule has 28 heavy (non-hydrogen) atoms. The number of carbonyl (C=O) groups excluding carboxylic acids is 1. The normalized spacial score (nSPS) is 11.0. The number of anilines is 1. The fraction of sp³-hybridized carbons (Fsp3) is 0.105. The highest BCUT2D eigenvalue weighted by Gasteiger charge is 2.15. The lowest BCUT2D eigenvalue weighted by Crippen LogP contribution is -2.22. The molecular weight excluding hydrogens is 419 g/mol. The molecule has 6 nitrogen and oxygen atoms in total. The largest absolute Gasteiger partial charge is 0.482 e. The van der Waals surface area contributed by atoms with Crippen molar-refractivity contribution >= 4 is 56.5 Å². The van der Waals surface area contributed by atoms with Crippen LogP contribution in [0.5, 0.6) is 5.75 Å². The van der Waals surface area contributed by atoms with Gasteiger partial charge in [0.2, 0.25) is 5.13 Å². The van der Waals surface area contributed by atoms with Crippen LogP contribution in [0.25, 0.3) is 15.3 Å². The first kappa shape index (κ1) is 18.7. The first-order chi connectivity index (χ1) is 13.5. The van der Waals surface area contributed by atoms with Gasteiger partial charge in [-0.1, -0.05) is 46.7 Å². The van der Waals surface area contributed by atoms with Crippen LogP contribution in [0.1, 0.15) is 5.69 Å². The second-order valence-corrected chi connectivity index (χ2v) is 7.81. The number of benzene rings is 2. The number of para-hydroxylation sites is 1. The number of thiazole rings is 1. The van der Waals surface area contributed by atoms with Gasteiger partial charge in [0.15, 0.2) is 6.61 Å². The number of hydrogen-bond donors (Lipinski definition) is 1. The fourth-order valence-corrected chi connectivity index (χ4v) is 3.99. The van der Waals surface area contributed by atoms with E-state index < -0.39 is 0 Å². The number of aryl methyl sites for hydroxylation is 1. The van der Waals surface area contributed by atoms with Gasteiger partial charge in [0.1, 0.15) is 11.6 Å². The van der Waals surface area contributed by atoms with E-state index in [1.54, 1.807) is 28.9 Å². The molecule has 0 bridgehead atoms. The Morgan fingerprint density at radius 3 is 2.82 bits per heavy atom. The smallest absolute Gasteiger partial charge is 0.263 e. The van der Waals surface area contributed by atoms with Crippen LogP contribution in [0.2, 0.25) is 10.0 Å². The lowest BCUT2D eigenvalue weighted by molar-refractivity contribution is -0.118. The molecular formula is C19H14Cl2N4O2S. The van der Waals surface area contributed by atoms with Crippen LogP contribution in [-0.4, -0.2) is 27.3 Å². The number of rotatable bonds is 5. The minimum atomic E-state index is -0.340. The van der Waals surface area contributed by atoms with Gasteiger partial charge >= 0.3 is 0 Å². The Morgan fingerprint density at radius 1 is 1.21 bits per heavy atom. The highest BCUT2D eigenvalue weighted by atomic mass is 35.5. The Balaban J connectivity index is 1.51. The third kappa shape index (κ3) is 3.96. The predicted octanol–water partition coefficient (Wildman–Crippen LogP) is 5.11. The average Bonchev–Trinajstić information content (AvgIpc) is 3.24. The van der Waals surface area contributed by atoms with Crippen LogP contribution in [0.3, 0.4) is 0 Å². The van der Waals surface area contributed by atoms with E-state index in [0.29, 0.717) is 26.7 Å². The van der Waals surface area contributed by atoms with Gasteiger partial charge in [0.05, 0.1) is 20.9 Å². The molecule has 0 radical (unpaired) electrons. The zero-order valence-corrected chi connectivity index (χ0v) is 17.0. The van der Waals surface area contributed by atoms with E-state index in [1.807, 2.05) is 31.2 Å². The van der Waals surface area contributed by atoms with Gasteiger partial charge in [-0.2, -0.15) is 9.78 Å². The molecule has 9 heteroatoms. The lowest BCUT2D eigenvalue weighted by atomic mass is 10.3. The van der Waals surface area contributed by atoms with E-state index >= 15 is 0 Å². The van der Waals surface area contributed by atoms with Crippen LogP contribution in [0, 0.1) is 6.92 Å². The molecule has 2 heterocycles. The predicted molar refractivity (Wildman–Crippen MR) is 112 cm³/mol. The summed E-state index contributed by atoms with van der Waals surface area (Å²) in [6.07, 6.45) is 0. The zero-order valence-electron chi connectivity index (χ0n) is 14.6. The summed E-state index contributed by atoms with van der Waals surface area (Å²) in [5, 5.41) is 8.77. The molecule has 1 amide bonds. The number of halogens is 2. The van der Waals surface area contributed by atoms with Crippen molar-refractivity contribution in [3.63, 3.8) is 0 Å². The highest BCUT2D eigenvalue weighted by Crippen LogP contribution is 2.28. The van der Waals surface area contributed by atoms with E-state index in [-0.39, 0.29) is 12.5 Å². The van der Waals surface area contributed by atoms with E-state index in [1.165, 1.54) is 11.3 Å². The molecule has 0 fully saturated rings. The SMILES string of the molecule is Cc1cc(NC(=O)COc2ccc(Cl)cc2Cl)n(-c2nc3ccccc3s2)n1. The third-order valence-electron chi connectivity index (χ3n) is 3.82. The van der Waals surface area contributed by atoms with Gasteiger partial charge in [-0.3, -0.25) is 4.79 Å². The Kier molecular flexibility index (Phi) is 5.21. The van der Waals surface area contributed by atoms with Gasteiger partial charge in [-0.25, -0.2) is 4.98 Å². The first-order valence-electron chi connectivity index (χ1n) is 8.30. The van der Waals surface area contributed by atoms with Gasteiger partial charge in [0.25, 0.3) is 5.91 Å². The molecule has 4 aromatic rings. The van der Waals surface area contributed by atoms with Gasteiger partial charge in [0, 0.05) is 11.1 Å². The van der Waals surface area contributed by atoms with Crippen LogP contribution in [0.4, 0.5) is 5.82 Å². The summed E-state index contributed by atoms with van der Waals surface area (Å²) < 4.78 is 8.14. The maximum absolute atomic E-state index is 12.4. The Labute approximate surface area is 174 Å². The standard InChI is InChI=1S/C19H14Cl2N4O2S/c1-11-8-17(23-18(26)10-27-15-7-6-12(20)9-13(15)21)25(24-11)19-22-14-4-2-3-5-16(14)28-19/h2-9H,10H2,1H3,(H,23,26). The van der Waals surface area contributed by atoms with Crippen molar-refractivity contribution in [2.24, 2.45) is 0 Å². The van der Waals surface area contributed by atoms with E-state index in [2.05, 4.69) is 15.4 Å². The van der Waals surface area contributed by atoms with Crippen LogP contribution in [-0.2, 0) is 4.79 Å².